The van der Waals surface area contributed by atoms with E-state index in [4.69, 9.17) is 14.2 Å². The molecule has 7 heteroatoms. The molecule has 1 aliphatic heterocycles. The van der Waals surface area contributed by atoms with Crippen molar-refractivity contribution in [2.45, 2.75) is 51.4 Å². The Labute approximate surface area is 188 Å². The molecule has 1 aliphatic carbocycles. The van der Waals surface area contributed by atoms with Gasteiger partial charge in [-0.25, -0.2) is 4.79 Å². The number of methoxy groups -OCH3 is 1. The summed E-state index contributed by atoms with van der Waals surface area (Å²) in [6.07, 6.45) is 7.76. The predicted octanol–water partition coefficient (Wildman–Crippen LogP) is 4.63. The first-order valence-corrected chi connectivity index (χ1v) is 11.4. The molecule has 2 aliphatic rings. The molecule has 0 amide bonds. The molecule has 2 fully saturated rings. The van der Waals surface area contributed by atoms with Gasteiger partial charge in [0, 0.05) is 54.3 Å². The molecule has 1 saturated carbocycles. The van der Waals surface area contributed by atoms with Crippen LogP contribution in [0.5, 0.6) is 0 Å². The van der Waals surface area contributed by atoms with E-state index >= 15 is 0 Å². The van der Waals surface area contributed by atoms with Crippen LogP contribution in [0, 0.1) is 12.8 Å². The quantitative estimate of drug-likeness (QED) is 0.557. The van der Waals surface area contributed by atoms with E-state index in [1.165, 1.54) is 7.11 Å². The van der Waals surface area contributed by atoms with Crippen LogP contribution in [-0.2, 0) is 21.3 Å². The summed E-state index contributed by atoms with van der Waals surface area (Å²) in [5.74, 6) is -0.164. The molecule has 0 radical (unpaired) electrons. The largest absolute Gasteiger partial charge is 0.465 e. The molecule has 32 heavy (non-hydrogen) atoms. The molecular formula is C25H31N3O4. The van der Waals surface area contributed by atoms with Gasteiger partial charge in [-0.2, -0.15) is 5.10 Å². The van der Waals surface area contributed by atoms with Gasteiger partial charge in [0.05, 0.1) is 32.1 Å². The Morgan fingerprint density at radius 2 is 1.94 bits per heavy atom. The number of hydrogen-bond acceptors (Lipinski definition) is 5. The van der Waals surface area contributed by atoms with Crippen LogP contribution < -0.4 is 0 Å². The van der Waals surface area contributed by atoms with Gasteiger partial charge in [-0.05, 0) is 50.3 Å². The fourth-order valence-corrected chi connectivity index (χ4v) is 5.64. The van der Waals surface area contributed by atoms with Crippen LogP contribution in [0.25, 0.3) is 22.0 Å². The summed E-state index contributed by atoms with van der Waals surface area (Å²) in [5.41, 5.74) is 4.73. The highest BCUT2D eigenvalue weighted by atomic mass is 16.7. The van der Waals surface area contributed by atoms with E-state index in [9.17, 15) is 4.79 Å². The van der Waals surface area contributed by atoms with Crippen LogP contribution in [-0.4, -0.2) is 46.4 Å². The maximum Gasteiger partial charge on any atom is 0.340 e. The third kappa shape index (κ3) is 3.44. The lowest BCUT2D eigenvalue weighted by Crippen LogP contribution is -2.37. The molecule has 2 aromatic heterocycles. The lowest BCUT2D eigenvalue weighted by molar-refractivity contribution is -0.184. The molecule has 0 unspecified atom stereocenters. The smallest absolute Gasteiger partial charge is 0.340 e. The highest BCUT2D eigenvalue weighted by molar-refractivity contribution is 6.07. The zero-order valence-corrected chi connectivity index (χ0v) is 19.3. The van der Waals surface area contributed by atoms with Crippen LogP contribution in [0.3, 0.4) is 0 Å². The number of carbonyl (C=O) groups excluding carboxylic acids is 1. The van der Waals surface area contributed by atoms with Crippen LogP contribution in [0.15, 0.2) is 30.6 Å². The van der Waals surface area contributed by atoms with Gasteiger partial charge >= 0.3 is 5.97 Å². The monoisotopic (exact) mass is 437 g/mol. The number of carbonyl (C=O) groups is 1. The van der Waals surface area contributed by atoms with E-state index in [-0.39, 0.29) is 17.8 Å². The normalized spacial score (nSPS) is 19.6. The summed E-state index contributed by atoms with van der Waals surface area (Å²) < 4.78 is 21.1. The Bertz CT molecular complexity index is 1150. The molecular weight excluding hydrogens is 406 g/mol. The molecule has 170 valence electrons. The van der Waals surface area contributed by atoms with Crippen LogP contribution in [0.2, 0.25) is 0 Å². The number of esters is 1. The Hall–Kier alpha value is -2.64. The maximum atomic E-state index is 12.8. The van der Waals surface area contributed by atoms with Crippen molar-refractivity contribution in [3.63, 3.8) is 0 Å². The summed E-state index contributed by atoms with van der Waals surface area (Å²) in [6, 6.07) is 6.57. The van der Waals surface area contributed by atoms with E-state index in [0.717, 1.165) is 53.4 Å². The van der Waals surface area contributed by atoms with Gasteiger partial charge in [-0.3, -0.25) is 4.68 Å². The molecule has 1 spiro atoms. The first-order chi connectivity index (χ1) is 15.4. The SMILES string of the molecule is COC(=O)c1c(C)n([C@H](C)C2CCC3(CC2)OCCO3)c2ccc(-c3cnn(C)c3)cc12. The summed E-state index contributed by atoms with van der Waals surface area (Å²) >= 11 is 0. The minimum absolute atomic E-state index is 0.249. The molecule has 1 aromatic carbocycles. The van der Waals surface area contributed by atoms with Crippen molar-refractivity contribution in [3.8, 4) is 11.1 Å². The molecule has 1 saturated heterocycles. The summed E-state index contributed by atoms with van der Waals surface area (Å²) in [4.78, 5) is 12.8. The minimum atomic E-state index is -0.361. The standard InChI is InChI=1S/C25H31N3O4/c1-16(18-7-9-25(10-8-18)31-11-12-32-25)28-17(2)23(24(29)30-4)21-13-19(5-6-22(21)28)20-14-26-27(3)15-20/h5-6,13-16,18H,7-12H2,1-4H3/t16-/m1/s1. The number of aromatic nitrogens is 3. The lowest BCUT2D eigenvalue weighted by atomic mass is 9.81. The molecule has 0 bridgehead atoms. The van der Waals surface area contributed by atoms with E-state index in [0.29, 0.717) is 24.7 Å². The third-order valence-corrected chi connectivity index (χ3v) is 7.37. The Kier molecular flexibility index (Phi) is 5.34. The van der Waals surface area contributed by atoms with E-state index in [1.54, 1.807) is 4.68 Å². The van der Waals surface area contributed by atoms with Crippen LogP contribution in [0.1, 0.15) is 54.7 Å². The fraction of sp³-hybridized carbons (Fsp3) is 0.520. The number of benzene rings is 1. The molecule has 0 N–H and O–H groups in total. The van der Waals surface area contributed by atoms with E-state index in [2.05, 4.69) is 34.8 Å². The van der Waals surface area contributed by atoms with Gasteiger partial charge in [0.2, 0.25) is 0 Å². The average Bonchev–Trinajstić information content (AvgIpc) is 3.50. The average molecular weight is 438 g/mol. The fourth-order valence-electron chi connectivity index (χ4n) is 5.64. The van der Waals surface area contributed by atoms with Gasteiger partial charge in [-0.1, -0.05) is 6.07 Å². The number of aryl methyl sites for hydroxylation is 1. The van der Waals surface area contributed by atoms with Crippen molar-refractivity contribution in [3.05, 3.63) is 41.9 Å². The summed E-state index contributed by atoms with van der Waals surface area (Å²) in [7, 11) is 3.35. The third-order valence-electron chi connectivity index (χ3n) is 7.37. The highest BCUT2D eigenvalue weighted by Crippen LogP contribution is 2.44. The first-order valence-electron chi connectivity index (χ1n) is 11.4. The Balaban J connectivity index is 1.53. The second-order valence-electron chi connectivity index (χ2n) is 9.14. The van der Waals surface area contributed by atoms with Gasteiger partial charge in [-0.15, -0.1) is 0 Å². The molecule has 3 aromatic rings. The summed E-state index contributed by atoms with van der Waals surface area (Å²) in [6.45, 7) is 5.69. The van der Waals surface area contributed by atoms with E-state index in [1.807, 2.05) is 26.4 Å². The van der Waals surface area contributed by atoms with Crippen LogP contribution >= 0.6 is 0 Å². The number of hydrogen-bond donors (Lipinski definition) is 0. The zero-order valence-electron chi connectivity index (χ0n) is 19.3. The zero-order chi connectivity index (χ0) is 22.5. The Morgan fingerprint density at radius 3 is 2.56 bits per heavy atom. The number of rotatable bonds is 4. The van der Waals surface area contributed by atoms with Crippen LogP contribution in [0.4, 0.5) is 0 Å². The maximum absolute atomic E-state index is 12.8. The first kappa shape index (κ1) is 21.2. The minimum Gasteiger partial charge on any atom is -0.465 e. The molecule has 3 heterocycles. The van der Waals surface area contributed by atoms with Gasteiger partial charge < -0.3 is 18.8 Å². The predicted molar refractivity (Wildman–Crippen MR) is 122 cm³/mol. The lowest BCUT2D eigenvalue weighted by Gasteiger charge is -2.38. The van der Waals surface area contributed by atoms with Crippen molar-refractivity contribution >= 4 is 16.9 Å². The number of ether oxygens (including phenoxy) is 3. The van der Waals surface area contributed by atoms with Gasteiger partial charge in [0.15, 0.2) is 5.79 Å². The number of nitrogens with zero attached hydrogens (tertiary/aromatic N) is 3. The van der Waals surface area contributed by atoms with Crippen molar-refractivity contribution in [1.82, 2.24) is 14.3 Å². The topological polar surface area (TPSA) is 67.5 Å². The molecule has 7 nitrogen and oxygen atoms in total. The Morgan fingerprint density at radius 1 is 1.22 bits per heavy atom. The molecule has 5 rings (SSSR count). The second-order valence-corrected chi connectivity index (χ2v) is 9.14. The van der Waals surface area contributed by atoms with Gasteiger partial charge in [0.1, 0.15) is 0 Å². The van der Waals surface area contributed by atoms with Gasteiger partial charge in [0.25, 0.3) is 0 Å². The van der Waals surface area contributed by atoms with Crippen molar-refractivity contribution in [2.24, 2.45) is 13.0 Å². The highest BCUT2D eigenvalue weighted by Gasteiger charge is 2.42. The summed E-state index contributed by atoms with van der Waals surface area (Å²) in [5, 5.41) is 5.22. The second kappa shape index (κ2) is 8.05. The van der Waals surface area contributed by atoms with Crippen molar-refractivity contribution in [1.29, 1.82) is 0 Å². The van der Waals surface area contributed by atoms with Crippen molar-refractivity contribution in [2.75, 3.05) is 20.3 Å². The molecule has 1 atom stereocenters. The number of fused-ring (bicyclic) bond motifs is 1. The van der Waals surface area contributed by atoms with E-state index < -0.39 is 0 Å². The van der Waals surface area contributed by atoms with Crippen molar-refractivity contribution < 1.29 is 19.0 Å².